The zero-order valence-corrected chi connectivity index (χ0v) is 13.1. The Morgan fingerprint density at radius 3 is 2.95 bits per heavy atom. The van der Waals surface area contributed by atoms with E-state index in [1.807, 2.05) is 6.92 Å². The summed E-state index contributed by atoms with van der Waals surface area (Å²) in [6.45, 7) is 3.66. The fraction of sp³-hybridized carbons (Fsp3) is 0.688. The number of nitrogens with one attached hydrogen (secondary N) is 1. The summed E-state index contributed by atoms with van der Waals surface area (Å²) in [5.41, 5.74) is 2.55. The summed E-state index contributed by atoms with van der Waals surface area (Å²) in [6.07, 6.45) is 5.74. The van der Waals surface area contributed by atoms with Gasteiger partial charge in [0.05, 0.1) is 6.61 Å². The van der Waals surface area contributed by atoms with E-state index in [0.29, 0.717) is 25.3 Å². The lowest BCUT2D eigenvalue weighted by Crippen LogP contribution is -2.25. The number of carbonyl (C=O) groups excluding carboxylic acids is 2. The summed E-state index contributed by atoms with van der Waals surface area (Å²) in [4.78, 5) is 25.8. The number of nitrogens with zero attached hydrogens (tertiary/aromatic N) is 2. The van der Waals surface area contributed by atoms with Gasteiger partial charge in [0.1, 0.15) is 0 Å². The molecule has 1 aromatic rings. The van der Waals surface area contributed by atoms with Crippen molar-refractivity contribution < 1.29 is 14.3 Å². The van der Waals surface area contributed by atoms with Crippen LogP contribution in [-0.2, 0) is 22.4 Å². The first-order valence-corrected chi connectivity index (χ1v) is 8.20. The molecule has 2 aliphatic rings. The topological polar surface area (TPSA) is 75.3 Å². The van der Waals surface area contributed by atoms with Crippen LogP contribution in [0.3, 0.4) is 0 Å². The Hall–Kier alpha value is -1.85. The molecule has 22 heavy (non-hydrogen) atoms. The number of fused-ring (bicyclic) bond motifs is 1. The maximum absolute atomic E-state index is 12.3. The van der Waals surface area contributed by atoms with Crippen LogP contribution in [0.5, 0.6) is 0 Å². The molecular formula is C16H23N3O3. The Kier molecular flexibility index (Phi) is 4.45. The molecular weight excluding hydrogens is 282 g/mol. The van der Waals surface area contributed by atoms with Gasteiger partial charge in [0.15, 0.2) is 5.69 Å². The van der Waals surface area contributed by atoms with E-state index < -0.39 is 0 Å². The van der Waals surface area contributed by atoms with Crippen LogP contribution in [0, 0.1) is 5.92 Å². The molecule has 120 valence electrons. The monoisotopic (exact) mass is 305 g/mol. The van der Waals surface area contributed by atoms with Gasteiger partial charge in [-0.1, -0.05) is 6.42 Å². The van der Waals surface area contributed by atoms with E-state index in [1.165, 1.54) is 6.42 Å². The standard InChI is InChI=1S/C16H23N3O3/c1-2-19-9-11(8-14(19)20)10-22-16(21)15-12-6-4-3-5-7-13(12)17-18-15/h11H,2-10H2,1H3,(H,17,18)/t11-/m0/s1. The predicted octanol–water partition coefficient (Wildman–Crippen LogP) is 1.70. The third kappa shape index (κ3) is 3.00. The molecule has 1 aliphatic carbocycles. The first-order chi connectivity index (χ1) is 10.7. The molecule has 1 N–H and O–H groups in total. The molecule has 0 unspecified atom stereocenters. The molecule has 1 aromatic heterocycles. The van der Waals surface area contributed by atoms with Gasteiger partial charge in [0.2, 0.25) is 5.91 Å². The van der Waals surface area contributed by atoms with Crippen molar-refractivity contribution in [1.82, 2.24) is 15.1 Å². The van der Waals surface area contributed by atoms with Crippen LogP contribution < -0.4 is 0 Å². The van der Waals surface area contributed by atoms with E-state index in [0.717, 1.165) is 43.5 Å². The lowest BCUT2D eigenvalue weighted by molar-refractivity contribution is -0.127. The molecule has 1 amide bonds. The average Bonchev–Trinajstić information content (AvgIpc) is 3.00. The first kappa shape index (κ1) is 15.1. The molecule has 1 saturated heterocycles. The van der Waals surface area contributed by atoms with Gasteiger partial charge in [-0.2, -0.15) is 5.10 Å². The molecule has 6 heteroatoms. The van der Waals surface area contributed by atoms with E-state index in [9.17, 15) is 9.59 Å². The molecule has 1 aliphatic heterocycles. The molecule has 0 aromatic carbocycles. The first-order valence-electron chi connectivity index (χ1n) is 8.20. The van der Waals surface area contributed by atoms with E-state index >= 15 is 0 Å². The molecule has 0 bridgehead atoms. The van der Waals surface area contributed by atoms with Crippen molar-refractivity contribution >= 4 is 11.9 Å². The molecule has 6 nitrogen and oxygen atoms in total. The largest absolute Gasteiger partial charge is 0.461 e. The summed E-state index contributed by atoms with van der Waals surface area (Å²) in [6, 6.07) is 0. The number of hydrogen-bond acceptors (Lipinski definition) is 4. The summed E-state index contributed by atoms with van der Waals surface area (Å²) in [7, 11) is 0. The lowest BCUT2D eigenvalue weighted by Gasteiger charge is -2.13. The van der Waals surface area contributed by atoms with Crippen LogP contribution >= 0.6 is 0 Å². The van der Waals surface area contributed by atoms with Crippen molar-refractivity contribution in [2.45, 2.75) is 45.4 Å². The summed E-state index contributed by atoms with van der Waals surface area (Å²) in [5, 5.41) is 7.14. The third-order valence-corrected chi connectivity index (χ3v) is 4.63. The van der Waals surface area contributed by atoms with Crippen molar-refractivity contribution in [3.63, 3.8) is 0 Å². The number of amides is 1. The van der Waals surface area contributed by atoms with Crippen LogP contribution in [0.15, 0.2) is 0 Å². The number of H-pyrrole nitrogens is 1. The number of ether oxygens (including phenoxy) is 1. The maximum atomic E-state index is 12.3. The second-order valence-corrected chi connectivity index (χ2v) is 6.19. The smallest absolute Gasteiger partial charge is 0.359 e. The highest BCUT2D eigenvalue weighted by atomic mass is 16.5. The number of hydrogen-bond donors (Lipinski definition) is 1. The minimum atomic E-state index is -0.359. The molecule has 2 heterocycles. The van der Waals surface area contributed by atoms with Gasteiger partial charge in [-0.15, -0.1) is 0 Å². The summed E-state index contributed by atoms with van der Waals surface area (Å²) >= 11 is 0. The van der Waals surface area contributed by atoms with Crippen molar-refractivity contribution in [2.75, 3.05) is 19.7 Å². The van der Waals surface area contributed by atoms with Gasteiger partial charge >= 0.3 is 5.97 Å². The fourth-order valence-electron chi connectivity index (χ4n) is 3.36. The predicted molar refractivity (Wildman–Crippen MR) is 80.5 cm³/mol. The minimum Gasteiger partial charge on any atom is -0.461 e. The quantitative estimate of drug-likeness (QED) is 0.678. The maximum Gasteiger partial charge on any atom is 0.359 e. The van der Waals surface area contributed by atoms with Gasteiger partial charge in [-0.05, 0) is 32.6 Å². The van der Waals surface area contributed by atoms with Crippen LogP contribution in [0.4, 0.5) is 0 Å². The Labute approximate surface area is 130 Å². The molecule has 1 fully saturated rings. The van der Waals surface area contributed by atoms with Crippen LogP contribution in [-0.4, -0.2) is 46.7 Å². The summed E-state index contributed by atoms with van der Waals surface area (Å²) in [5.74, 6) is -0.104. The highest BCUT2D eigenvalue weighted by Crippen LogP contribution is 2.23. The molecule has 1 atom stereocenters. The number of esters is 1. The second kappa shape index (κ2) is 6.50. The Morgan fingerprint density at radius 1 is 1.36 bits per heavy atom. The van der Waals surface area contributed by atoms with Crippen LogP contribution in [0.25, 0.3) is 0 Å². The zero-order chi connectivity index (χ0) is 15.5. The highest BCUT2D eigenvalue weighted by molar-refractivity contribution is 5.89. The third-order valence-electron chi connectivity index (χ3n) is 4.63. The number of rotatable bonds is 4. The number of aryl methyl sites for hydroxylation is 1. The number of aromatic nitrogens is 2. The van der Waals surface area contributed by atoms with Gasteiger partial charge in [0, 0.05) is 36.7 Å². The Balaban J connectivity index is 1.59. The van der Waals surface area contributed by atoms with E-state index in [4.69, 9.17) is 4.74 Å². The SMILES string of the molecule is CCN1C[C@@H](COC(=O)c2n[nH]c3c2CCCCC3)CC1=O. The minimum absolute atomic E-state index is 0.106. The van der Waals surface area contributed by atoms with Gasteiger partial charge in [-0.3, -0.25) is 9.89 Å². The Morgan fingerprint density at radius 2 is 2.18 bits per heavy atom. The van der Waals surface area contributed by atoms with Crippen LogP contribution in [0.2, 0.25) is 0 Å². The fourth-order valence-corrected chi connectivity index (χ4v) is 3.36. The number of likely N-dealkylation sites (tertiary alicyclic amines) is 1. The van der Waals surface area contributed by atoms with Crippen molar-refractivity contribution in [1.29, 1.82) is 0 Å². The average molecular weight is 305 g/mol. The van der Waals surface area contributed by atoms with Gasteiger partial charge in [-0.25, -0.2) is 4.79 Å². The number of carbonyl (C=O) groups is 2. The lowest BCUT2D eigenvalue weighted by atomic mass is 10.1. The van der Waals surface area contributed by atoms with Crippen molar-refractivity contribution in [2.24, 2.45) is 5.92 Å². The number of aromatic amines is 1. The highest BCUT2D eigenvalue weighted by Gasteiger charge is 2.30. The van der Waals surface area contributed by atoms with Crippen LogP contribution in [0.1, 0.15) is 54.4 Å². The molecule has 3 rings (SSSR count). The van der Waals surface area contributed by atoms with E-state index in [2.05, 4.69) is 10.2 Å². The molecule has 0 spiro atoms. The van der Waals surface area contributed by atoms with Crippen molar-refractivity contribution in [3.8, 4) is 0 Å². The second-order valence-electron chi connectivity index (χ2n) is 6.19. The van der Waals surface area contributed by atoms with Crippen molar-refractivity contribution in [3.05, 3.63) is 17.0 Å². The van der Waals surface area contributed by atoms with E-state index in [-0.39, 0.29) is 17.8 Å². The summed E-state index contributed by atoms with van der Waals surface area (Å²) < 4.78 is 5.42. The van der Waals surface area contributed by atoms with E-state index in [1.54, 1.807) is 4.90 Å². The zero-order valence-electron chi connectivity index (χ0n) is 13.1. The Bertz CT molecular complexity index is 567. The van der Waals surface area contributed by atoms with Gasteiger partial charge < -0.3 is 9.64 Å². The normalized spacial score (nSPS) is 21.6. The molecule has 0 saturated carbocycles. The molecule has 0 radical (unpaired) electrons. The van der Waals surface area contributed by atoms with Gasteiger partial charge in [0.25, 0.3) is 0 Å².